The van der Waals surface area contributed by atoms with Crippen molar-refractivity contribution in [2.45, 2.75) is 34.6 Å². The van der Waals surface area contributed by atoms with Gasteiger partial charge in [-0.1, -0.05) is 164 Å². The smallest absolute Gasteiger partial charge is 0.266 e. The van der Waals surface area contributed by atoms with E-state index in [1.54, 1.807) is 122 Å². The SMILES string of the molecule is Cc1cc(Cl)cc(C(=O)Nc2nc3ccc4scnc4c3s2)c1.Cc1ccc(OCC(=O)N(C)c2nc3ccc4sc(C)nc4c3s2)cc1.Cc1cccc(C(=O)N(C)c2nc3ccc4sc(C)nc4c3s2)c1.O=C(Nc1nc2ccc3scnc3c2s1)c1ccc2ccccc2c1.O=C(Nc1nc2ccc3scnc3c2s1)c1cnc2c(c1)OCO2.O=C(Nc1nc2ccc3scnc3c2s1)c1cnc2ccccc2c1. The molecule has 1 aliphatic heterocycles. The zero-order chi connectivity index (χ0) is 101. The fourth-order valence-corrected chi connectivity index (χ4v) is 26.7. The first-order valence-corrected chi connectivity index (χ1v) is 55.2. The highest BCUT2D eigenvalue weighted by molar-refractivity contribution is 7.27. The molecule has 12 aromatic carbocycles. The quantitative estimate of drug-likeness (QED) is 0.0785. The summed E-state index contributed by atoms with van der Waals surface area (Å²) in [7, 11) is 3.49. The number of aryl methyl sites for hydroxylation is 5. The van der Waals surface area contributed by atoms with Crippen LogP contribution in [0.15, 0.2) is 253 Å². The van der Waals surface area contributed by atoms with Gasteiger partial charge in [0.05, 0.1) is 138 Å². The summed E-state index contributed by atoms with van der Waals surface area (Å²) in [6.45, 7) is 9.99. The number of nitrogens with zero attached hydrogens (tertiary/aromatic N) is 16. The summed E-state index contributed by atoms with van der Waals surface area (Å²) in [5, 5.41) is 20.7. The van der Waals surface area contributed by atoms with Gasteiger partial charge in [-0.05, 0) is 190 Å². The number of thiazole rings is 12. The van der Waals surface area contributed by atoms with Gasteiger partial charge in [0, 0.05) is 59.7 Å². The van der Waals surface area contributed by atoms with Gasteiger partial charge in [0.2, 0.25) is 6.79 Å². The largest absolute Gasteiger partial charge is 0.484 e. The number of pyridine rings is 2. The lowest BCUT2D eigenvalue weighted by Gasteiger charge is -2.14. The summed E-state index contributed by atoms with van der Waals surface area (Å²) in [6, 6.07) is 69.3. The molecular weight excluding hydrogens is 2110 g/mol. The number of rotatable bonds is 14. The van der Waals surface area contributed by atoms with Crippen molar-refractivity contribution in [1.82, 2.24) is 69.8 Å². The number of para-hydroxylation sites is 1. The van der Waals surface area contributed by atoms with Gasteiger partial charge >= 0.3 is 0 Å². The van der Waals surface area contributed by atoms with Crippen LogP contribution in [-0.2, 0) is 4.79 Å². The van der Waals surface area contributed by atoms with Gasteiger partial charge < -0.3 is 14.2 Å². The van der Waals surface area contributed by atoms with E-state index in [4.69, 9.17) is 25.8 Å². The Morgan fingerprint density at radius 1 is 0.340 bits per heavy atom. The number of hydrogen-bond acceptors (Lipinski definition) is 35. The van der Waals surface area contributed by atoms with Gasteiger partial charge in [-0.15, -0.1) is 68.0 Å². The molecule has 0 aliphatic carbocycles. The summed E-state index contributed by atoms with van der Waals surface area (Å²) in [4.78, 5) is 141. The van der Waals surface area contributed by atoms with Gasteiger partial charge in [0.15, 0.2) is 43.1 Å². The third-order valence-electron chi connectivity index (χ3n) is 22.9. The normalized spacial score (nSPS) is 11.5. The molecule has 0 saturated heterocycles. The van der Waals surface area contributed by atoms with Crippen molar-refractivity contribution in [2.75, 3.05) is 58.6 Å². The minimum atomic E-state index is -0.297. The van der Waals surface area contributed by atoms with Crippen molar-refractivity contribution in [3.8, 4) is 17.4 Å². The summed E-state index contributed by atoms with van der Waals surface area (Å²) in [6.07, 6.45) is 3.04. The van der Waals surface area contributed by atoms with Crippen molar-refractivity contribution >= 4 is 358 Å². The average Bonchev–Trinajstić information content (AvgIpc) is 1.62. The van der Waals surface area contributed by atoms with E-state index in [1.165, 1.54) is 74.2 Å². The maximum absolute atomic E-state index is 12.7. The van der Waals surface area contributed by atoms with Crippen molar-refractivity contribution in [1.29, 1.82) is 0 Å². The van der Waals surface area contributed by atoms with Crippen molar-refractivity contribution in [3.05, 3.63) is 312 Å². The monoisotopic (exact) mass is 2170 g/mol. The number of anilines is 6. The van der Waals surface area contributed by atoms with Crippen LogP contribution in [0.2, 0.25) is 5.02 Å². The number of ether oxygens (including phenoxy) is 3. The molecule has 0 fully saturated rings. The highest BCUT2D eigenvalue weighted by atomic mass is 35.5. The predicted octanol–water partition coefficient (Wildman–Crippen LogP) is 27.8. The number of halogens is 1. The molecule has 147 heavy (non-hydrogen) atoms. The first kappa shape index (κ1) is 96.4. The lowest BCUT2D eigenvalue weighted by molar-refractivity contribution is -0.120. The van der Waals surface area contributed by atoms with E-state index in [2.05, 4.69) is 91.0 Å². The molecule has 15 heterocycles. The lowest BCUT2D eigenvalue weighted by atomic mass is 10.1. The number of fused-ring (bicyclic) bond motifs is 21. The van der Waals surface area contributed by atoms with Gasteiger partial charge in [0.1, 0.15) is 38.8 Å². The number of carbonyl (C=O) groups excluding carboxylic acids is 6. The zero-order valence-electron chi connectivity index (χ0n) is 77.8. The molecule has 27 rings (SSSR count). The molecule has 26 aromatic rings. The van der Waals surface area contributed by atoms with Crippen LogP contribution in [0.1, 0.15) is 78.5 Å². The maximum atomic E-state index is 12.7. The van der Waals surface area contributed by atoms with E-state index in [9.17, 15) is 28.8 Å². The number of amides is 6. The van der Waals surface area contributed by atoms with Crippen molar-refractivity contribution < 1.29 is 43.0 Å². The Kier molecular flexibility index (Phi) is 27.3. The molecular formula is C105H71ClN20O9S12. The van der Waals surface area contributed by atoms with E-state index in [-0.39, 0.29) is 48.8 Å². The molecule has 0 radical (unpaired) electrons. The third-order valence-corrected chi connectivity index (χ3v) is 34.4. The second-order valence-corrected chi connectivity index (χ2v) is 45.4. The second kappa shape index (κ2) is 41.6. The van der Waals surface area contributed by atoms with Crippen molar-refractivity contribution in [2.24, 2.45) is 0 Å². The van der Waals surface area contributed by atoms with Gasteiger partial charge in [-0.3, -0.25) is 64.8 Å². The Labute approximate surface area is 885 Å². The van der Waals surface area contributed by atoms with Crippen LogP contribution in [0.3, 0.4) is 0 Å². The highest BCUT2D eigenvalue weighted by Crippen LogP contribution is 2.43. The molecule has 0 bridgehead atoms. The summed E-state index contributed by atoms with van der Waals surface area (Å²) < 4.78 is 28.7. The van der Waals surface area contributed by atoms with E-state index in [0.717, 1.165) is 171 Å². The fraction of sp³-hybridized carbons (Fsp3) is 0.0857. The van der Waals surface area contributed by atoms with Crippen LogP contribution in [0.5, 0.6) is 17.4 Å². The molecule has 1 aliphatic rings. The molecule has 42 heteroatoms. The maximum Gasteiger partial charge on any atom is 0.266 e. The van der Waals surface area contributed by atoms with Crippen molar-refractivity contribution in [3.63, 3.8) is 0 Å². The molecule has 0 atom stereocenters. The third kappa shape index (κ3) is 20.8. The van der Waals surface area contributed by atoms with Gasteiger partial charge in [0.25, 0.3) is 41.3 Å². The Hall–Kier alpha value is -15.4. The highest BCUT2D eigenvalue weighted by Gasteiger charge is 2.26. The van der Waals surface area contributed by atoms with Crippen LogP contribution in [0.4, 0.5) is 30.8 Å². The fourth-order valence-electron chi connectivity index (χ4n) is 15.7. The topological polar surface area (TPSA) is 365 Å². The van der Waals surface area contributed by atoms with E-state index < -0.39 is 0 Å². The first-order valence-electron chi connectivity index (χ1n) is 44.7. The number of likely N-dealkylation sites (N-methyl/N-ethyl adjacent to an activating group) is 1. The Balaban J connectivity index is 0.000000100. The number of aromatic nitrogens is 14. The number of hydrogen-bond donors (Lipinski definition) is 4. The Morgan fingerprint density at radius 2 is 0.776 bits per heavy atom. The molecule has 0 saturated carbocycles. The minimum Gasteiger partial charge on any atom is -0.484 e. The molecule has 4 N–H and O–H groups in total. The van der Waals surface area contributed by atoms with Crippen LogP contribution < -0.4 is 45.3 Å². The molecule has 29 nitrogen and oxygen atoms in total. The predicted molar refractivity (Wildman–Crippen MR) is 604 cm³/mol. The zero-order valence-corrected chi connectivity index (χ0v) is 88.3. The second-order valence-electron chi connectivity index (χ2n) is 33.0. The molecule has 14 aromatic heterocycles. The van der Waals surface area contributed by atoms with Crippen LogP contribution in [0.25, 0.3) is 144 Å². The summed E-state index contributed by atoms with van der Waals surface area (Å²) in [5.41, 5.74) is 24.8. The standard InChI is InChI=1S/C19H17N3O2S2.C19H11N3OS2.C18H10N4OS2.C18H15N3OS2.C16H10ClN3OS2.C15H8N4O3S2/c1-11-4-6-13(7-5-11)24-10-16(23)22(3)19-21-14-8-9-15-17(18(14)26-19)20-12(2)25-15;23-18(13-6-5-11-3-1-2-4-12(11)9-13)22-19-21-14-7-8-15-16(17(14)25-19)20-10-24-15;23-17(11-7-10-3-1-2-4-12(10)19-8-11)22-18-21-13-5-6-14-15(16(13)25-18)20-9-24-14;1-10-5-4-6-12(9-10)17(22)21(3)18-20-13-7-8-14-15(16(13)24-18)19-11(2)23-14;1-8-4-9(6-10(17)5-8)15(21)20-16-19-11-2-3-12-13(14(11)23-16)18-7-22-12;20-13(7-3-9-14(16-4-7)22-6-21-9)19-15-18-8-1-2-10-11(12(8)24-15)17-5-23-10/h4-9H,10H2,1-3H3;1-10H,(H,21,22,23);1-9H,(H,21,22,23);4-9H,1-3H3;2-7H,1H3,(H,19,20,21);1-5H,6H2,(H,18,19,20). The summed E-state index contributed by atoms with van der Waals surface area (Å²) >= 11 is 24.5. The van der Waals surface area contributed by atoms with Gasteiger partial charge in [-0.25, -0.2) is 64.8 Å². The Morgan fingerprint density at radius 3 is 1.29 bits per heavy atom. The number of carbonyl (C=O) groups is 6. The summed E-state index contributed by atoms with van der Waals surface area (Å²) in [5.74, 6) is 0.471. The van der Waals surface area contributed by atoms with Crippen LogP contribution in [-0.4, -0.2) is 133 Å². The average molecular weight is 2180 g/mol. The minimum absolute atomic E-state index is 0.0271. The van der Waals surface area contributed by atoms with E-state index in [1.807, 2.05) is 251 Å². The van der Waals surface area contributed by atoms with E-state index >= 15 is 0 Å². The molecule has 0 spiro atoms. The first-order chi connectivity index (χ1) is 71.5. The molecule has 6 amide bonds. The van der Waals surface area contributed by atoms with Gasteiger partial charge in [-0.2, -0.15) is 0 Å². The number of nitrogens with one attached hydrogen (secondary N) is 4. The van der Waals surface area contributed by atoms with Crippen LogP contribution in [0, 0.1) is 34.6 Å². The Bertz CT molecular complexity index is 9460. The van der Waals surface area contributed by atoms with Crippen LogP contribution >= 0.6 is 148 Å². The molecule has 724 valence electrons. The molecule has 0 unspecified atom stereocenters. The lowest BCUT2D eigenvalue weighted by Crippen LogP contribution is -2.31. The number of benzene rings is 12. The van der Waals surface area contributed by atoms with E-state index in [0.29, 0.717) is 81.0 Å².